The molecule has 190 valence electrons. The highest BCUT2D eigenvalue weighted by Gasteiger charge is 2.30. The molecular formula is C40H24S. The van der Waals surface area contributed by atoms with Crippen molar-refractivity contribution in [2.75, 3.05) is 0 Å². The van der Waals surface area contributed by atoms with Crippen molar-refractivity contribution < 1.29 is 0 Å². The van der Waals surface area contributed by atoms with Gasteiger partial charge >= 0.3 is 0 Å². The Morgan fingerprint density at radius 2 is 0.976 bits per heavy atom. The van der Waals surface area contributed by atoms with Gasteiger partial charge in [-0.1, -0.05) is 127 Å². The summed E-state index contributed by atoms with van der Waals surface area (Å²) in [7, 11) is 0. The maximum absolute atomic E-state index is 2.45. The lowest BCUT2D eigenvalue weighted by molar-refractivity contribution is 1.57. The van der Waals surface area contributed by atoms with E-state index in [-0.39, 0.29) is 0 Å². The van der Waals surface area contributed by atoms with Crippen molar-refractivity contribution in [3.63, 3.8) is 0 Å². The highest BCUT2D eigenvalue weighted by atomic mass is 32.1. The van der Waals surface area contributed by atoms with Crippen molar-refractivity contribution in [2.45, 2.75) is 0 Å². The molecule has 1 heteroatoms. The van der Waals surface area contributed by atoms with E-state index in [0.29, 0.717) is 0 Å². The molecule has 0 fully saturated rings. The van der Waals surface area contributed by atoms with Gasteiger partial charge < -0.3 is 0 Å². The van der Waals surface area contributed by atoms with Crippen molar-refractivity contribution in [1.82, 2.24) is 0 Å². The summed E-state index contributed by atoms with van der Waals surface area (Å²) in [5, 5.41) is 5.32. The molecule has 0 bridgehead atoms. The minimum Gasteiger partial charge on any atom is -0.135 e. The third-order valence-corrected chi connectivity index (χ3v) is 9.74. The van der Waals surface area contributed by atoms with Crippen LogP contribution in [0.25, 0.3) is 86.6 Å². The van der Waals surface area contributed by atoms with Crippen LogP contribution in [0.1, 0.15) is 0 Å². The van der Waals surface area contributed by atoms with Crippen molar-refractivity contribution in [3.8, 4) is 55.6 Å². The van der Waals surface area contributed by atoms with Crippen LogP contribution < -0.4 is 0 Å². The Bertz CT molecular complexity index is 2280. The van der Waals surface area contributed by atoms with Gasteiger partial charge in [-0.05, 0) is 84.6 Å². The molecule has 0 spiro atoms. The molecule has 0 saturated carbocycles. The normalized spacial score (nSPS) is 11.9. The Kier molecular flexibility index (Phi) is 4.87. The van der Waals surface area contributed by atoms with Gasteiger partial charge in [0.1, 0.15) is 0 Å². The van der Waals surface area contributed by atoms with Crippen LogP contribution in [0.4, 0.5) is 0 Å². The average molecular weight is 537 g/mol. The molecule has 9 rings (SSSR count). The van der Waals surface area contributed by atoms with Crippen LogP contribution >= 0.6 is 11.3 Å². The van der Waals surface area contributed by atoms with Crippen molar-refractivity contribution >= 4 is 42.3 Å². The first-order valence-corrected chi connectivity index (χ1v) is 14.9. The Morgan fingerprint density at radius 1 is 0.341 bits per heavy atom. The highest BCUT2D eigenvalue weighted by molar-refractivity contribution is 7.25. The van der Waals surface area contributed by atoms with Crippen LogP contribution in [-0.2, 0) is 0 Å². The first-order chi connectivity index (χ1) is 20.3. The molecule has 1 aromatic heterocycles. The van der Waals surface area contributed by atoms with Crippen LogP contribution in [0.15, 0.2) is 146 Å². The molecule has 0 nitrogen and oxygen atoms in total. The molecule has 0 amide bonds. The second-order valence-electron chi connectivity index (χ2n) is 10.8. The van der Waals surface area contributed by atoms with E-state index in [9.17, 15) is 0 Å². The van der Waals surface area contributed by atoms with E-state index in [1.54, 1.807) is 0 Å². The zero-order chi connectivity index (χ0) is 26.9. The van der Waals surface area contributed by atoms with Crippen LogP contribution in [-0.4, -0.2) is 0 Å². The molecule has 0 unspecified atom stereocenters. The monoisotopic (exact) mass is 536 g/mol. The standard InChI is InChI=1S/C40H24S/c1-3-11-25(12-4-1)33-24-34(28-21-22-30-29-17-7-8-20-35(29)41-36(30)23-28)38(27-13-5-2-6-14-27)40-32-19-10-16-26-15-9-18-31(37(26)32)39(33)40/h1-24H. The third-order valence-electron chi connectivity index (χ3n) is 8.61. The molecule has 0 saturated heterocycles. The quantitative estimate of drug-likeness (QED) is 0.211. The van der Waals surface area contributed by atoms with Crippen LogP contribution in [0, 0.1) is 0 Å². The lowest BCUT2D eigenvalue weighted by Gasteiger charge is -2.21. The SMILES string of the molecule is c1ccc(-c2cc(-c3ccc4c(c3)sc3ccccc34)c(-c3ccccc3)c3c2-c2cccc4cccc-3c24)cc1. The largest absolute Gasteiger partial charge is 0.135 e. The summed E-state index contributed by atoms with van der Waals surface area (Å²) >= 11 is 1.88. The van der Waals surface area contributed by atoms with Gasteiger partial charge in [0.15, 0.2) is 0 Å². The molecule has 7 aromatic carbocycles. The van der Waals surface area contributed by atoms with Gasteiger partial charge in [0.25, 0.3) is 0 Å². The number of hydrogen-bond donors (Lipinski definition) is 0. The van der Waals surface area contributed by atoms with Gasteiger partial charge in [-0.2, -0.15) is 0 Å². The summed E-state index contributed by atoms with van der Waals surface area (Å²) < 4.78 is 2.67. The Balaban J connectivity index is 1.45. The molecule has 0 atom stereocenters. The molecule has 1 heterocycles. The molecular weight excluding hydrogens is 513 g/mol. The smallest absolute Gasteiger partial charge is 0.0361 e. The predicted molar refractivity (Wildman–Crippen MR) is 178 cm³/mol. The predicted octanol–water partition coefficient (Wildman–Crippen LogP) is 11.9. The van der Waals surface area contributed by atoms with Gasteiger partial charge in [-0.25, -0.2) is 0 Å². The molecule has 0 N–H and O–H groups in total. The second-order valence-corrected chi connectivity index (χ2v) is 11.9. The molecule has 8 aromatic rings. The van der Waals surface area contributed by atoms with E-state index < -0.39 is 0 Å². The zero-order valence-electron chi connectivity index (χ0n) is 22.3. The van der Waals surface area contributed by atoms with Crippen LogP contribution in [0.5, 0.6) is 0 Å². The summed E-state index contributed by atoms with van der Waals surface area (Å²) in [5.74, 6) is 0. The fraction of sp³-hybridized carbons (Fsp3) is 0. The first-order valence-electron chi connectivity index (χ1n) is 14.1. The van der Waals surface area contributed by atoms with E-state index in [2.05, 4.69) is 146 Å². The zero-order valence-corrected chi connectivity index (χ0v) is 23.1. The van der Waals surface area contributed by atoms with Gasteiger partial charge in [0, 0.05) is 20.2 Å². The van der Waals surface area contributed by atoms with Gasteiger partial charge in [0.05, 0.1) is 0 Å². The van der Waals surface area contributed by atoms with E-state index in [4.69, 9.17) is 0 Å². The minimum atomic E-state index is 1.25. The Hall–Kier alpha value is -4.98. The molecule has 0 radical (unpaired) electrons. The highest BCUT2D eigenvalue weighted by Crippen LogP contribution is 2.57. The van der Waals surface area contributed by atoms with Crippen molar-refractivity contribution in [3.05, 3.63) is 146 Å². The average Bonchev–Trinajstić information content (AvgIpc) is 3.58. The van der Waals surface area contributed by atoms with E-state index in [0.717, 1.165) is 0 Å². The first kappa shape index (κ1) is 22.8. The number of benzene rings is 7. The minimum absolute atomic E-state index is 1.25. The fourth-order valence-electron chi connectivity index (χ4n) is 6.86. The van der Waals surface area contributed by atoms with E-state index >= 15 is 0 Å². The summed E-state index contributed by atoms with van der Waals surface area (Å²) in [5.41, 5.74) is 13.0. The topological polar surface area (TPSA) is 0 Å². The van der Waals surface area contributed by atoms with Gasteiger partial charge in [0.2, 0.25) is 0 Å². The summed E-state index contributed by atoms with van der Waals surface area (Å²) in [6.45, 7) is 0. The molecule has 1 aliphatic carbocycles. The fourth-order valence-corrected chi connectivity index (χ4v) is 8.01. The summed E-state index contributed by atoms with van der Waals surface area (Å²) in [6.07, 6.45) is 0. The number of fused-ring (bicyclic) bond motifs is 6. The second kappa shape index (κ2) is 8.76. The molecule has 1 aliphatic rings. The Morgan fingerprint density at radius 3 is 1.76 bits per heavy atom. The lowest BCUT2D eigenvalue weighted by atomic mass is 9.82. The number of thiophene rings is 1. The van der Waals surface area contributed by atoms with Crippen molar-refractivity contribution in [1.29, 1.82) is 0 Å². The third kappa shape index (κ3) is 3.33. The summed E-state index contributed by atoms with van der Waals surface area (Å²) in [4.78, 5) is 0. The maximum atomic E-state index is 2.45. The van der Waals surface area contributed by atoms with Crippen LogP contribution in [0.3, 0.4) is 0 Å². The Labute approximate surface area is 242 Å². The lowest BCUT2D eigenvalue weighted by Crippen LogP contribution is -1.94. The summed E-state index contributed by atoms with van der Waals surface area (Å²) in [6, 6.07) is 53.7. The van der Waals surface area contributed by atoms with Crippen LogP contribution in [0.2, 0.25) is 0 Å². The van der Waals surface area contributed by atoms with Gasteiger partial charge in [-0.15, -0.1) is 11.3 Å². The van der Waals surface area contributed by atoms with Crippen molar-refractivity contribution in [2.24, 2.45) is 0 Å². The van der Waals surface area contributed by atoms with Gasteiger partial charge in [-0.3, -0.25) is 0 Å². The molecule has 41 heavy (non-hydrogen) atoms. The maximum Gasteiger partial charge on any atom is 0.0361 e. The molecule has 0 aliphatic heterocycles. The number of rotatable bonds is 3. The van der Waals surface area contributed by atoms with E-state index in [1.165, 1.54) is 86.6 Å². The number of hydrogen-bond acceptors (Lipinski definition) is 1. The van der Waals surface area contributed by atoms with E-state index in [1.807, 2.05) is 11.3 Å².